The average molecular weight is 337 g/mol. The minimum absolute atomic E-state index is 0.0523. The maximum absolute atomic E-state index is 12.0. The summed E-state index contributed by atoms with van der Waals surface area (Å²) < 4.78 is 0. The number of halogens is 2. The van der Waals surface area contributed by atoms with Crippen LogP contribution >= 0.6 is 23.2 Å². The summed E-state index contributed by atoms with van der Waals surface area (Å²) in [5, 5.41) is 7.21. The highest BCUT2D eigenvalue weighted by Crippen LogP contribution is 2.22. The Morgan fingerprint density at radius 2 is 1.82 bits per heavy atom. The highest BCUT2D eigenvalue weighted by atomic mass is 35.5. The van der Waals surface area contributed by atoms with Gasteiger partial charge < -0.3 is 10.6 Å². The molecule has 0 aliphatic heterocycles. The van der Waals surface area contributed by atoms with Crippen molar-refractivity contribution in [2.75, 3.05) is 11.9 Å². The Kier molecular flexibility index (Phi) is 5.83. The van der Waals surface area contributed by atoms with Gasteiger partial charge in [0.05, 0.1) is 17.3 Å². The van der Waals surface area contributed by atoms with Crippen LogP contribution in [0, 0.1) is 6.92 Å². The summed E-state index contributed by atoms with van der Waals surface area (Å²) in [5.74, 6) is -0.133. The van der Waals surface area contributed by atoms with Crippen molar-refractivity contribution in [3.05, 3.63) is 63.6 Å². The van der Waals surface area contributed by atoms with Gasteiger partial charge in [0, 0.05) is 11.1 Å². The van der Waals surface area contributed by atoms with Crippen molar-refractivity contribution in [3.8, 4) is 0 Å². The fraction of sp³-hybridized carbons (Fsp3) is 0.235. The molecule has 0 radical (unpaired) electrons. The van der Waals surface area contributed by atoms with Crippen molar-refractivity contribution in [2.24, 2.45) is 0 Å². The molecule has 1 amide bonds. The Labute approximate surface area is 140 Å². The second-order valence-electron chi connectivity index (χ2n) is 5.19. The number of aryl methyl sites for hydroxylation is 1. The first-order valence-corrected chi connectivity index (χ1v) is 7.76. The second kappa shape index (κ2) is 7.63. The van der Waals surface area contributed by atoms with Crippen molar-refractivity contribution < 1.29 is 4.79 Å². The monoisotopic (exact) mass is 336 g/mol. The zero-order chi connectivity index (χ0) is 16.1. The Balaban J connectivity index is 1.88. The zero-order valence-corrected chi connectivity index (χ0v) is 14.0. The molecule has 0 spiro atoms. The lowest BCUT2D eigenvalue weighted by Crippen LogP contribution is -2.30. The number of hydrogen-bond acceptors (Lipinski definition) is 2. The molecular weight excluding hydrogens is 319 g/mol. The zero-order valence-electron chi connectivity index (χ0n) is 12.5. The first-order chi connectivity index (χ1) is 10.5. The van der Waals surface area contributed by atoms with Crippen molar-refractivity contribution in [1.29, 1.82) is 0 Å². The van der Waals surface area contributed by atoms with E-state index in [-0.39, 0.29) is 18.5 Å². The molecule has 2 rings (SSSR count). The van der Waals surface area contributed by atoms with Crippen LogP contribution in [0.5, 0.6) is 0 Å². The topological polar surface area (TPSA) is 41.1 Å². The molecule has 22 heavy (non-hydrogen) atoms. The van der Waals surface area contributed by atoms with Gasteiger partial charge in [-0.1, -0.05) is 41.4 Å². The summed E-state index contributed by atoms with van der Waals surface area (Å²) in [6.07, 6.45) is 0. The minimum Gasteiger partial charge on any atom is -0.324 e. The molecular formula is C17H18Cl2N2O. The highest BCUT2D eigenvalue weighted by Gasteiger charge is 2.09. The third kappa shape index (κ3) is 4.73. The van der Waals surface area contributed by atoms with E-state index in [1.165, 1.54) is 0 Å². The van der Waals surface area contributed by atoms with Gasteiger partial charge in [0.2, 0.25) is 5.91 Å². The minimum atomic E-state index is -0.133. The predicted molar refractivity (Wildman–Crippen MR) is 92.7 cm³/mol. The van der Waals surface area contributed by atoms with Crippen LogP contribution in [-0.2, 0) is 4.79 Å². The van der Waals surface area contributed by atoms with Gasteiger partial charge in [0.15, 0.2) is 0 Å². The third-order valence-corrected chi connectivity index (χ3v) is 3.90. The second-order valence-corrected chi connectivity index (χ2v) is 6.03. The largest absolute Gasteiger partial charge is 0.324 e. The van der Waals surface area contributed by atoms with E-state index in [0.29, 0.717) is 15.7 Å². The summed E-state index contributed by atoms with van der Waals surface area (Å²) in [7, 11) is 0. The quantitative estimate of drug-likeness (QED) is 0.838. The van der Waals surface area contributed by atoms with Crippen LogP contribution in [0.2, 0.25) is 10.0 Å². The number of amides is 1. The fourth-order valence-electron chi connectivity index (χ4n) is 2.03. The van der Waals surface area contributed by atoms with Gasteiger partial charge in [-0.15, -0.1) is 0 Å². The smallest absolute Gasteiger partial charge is 0.238 e. The molecule has 2 aromatic rings. The molecule has 0 aliphatic carbocycles. The van der Waals surface area contributed by atoms with Gasteiger partial charge in [0.1, 0.15) is 0 Å². The average Bonchev–Trinajstić information content (AvgIpc) is 2.48. The maximum Gasteiger partial charge on any atom is 0.238 e. The normalized spacial score (nSPS) is 12.0. The van der Waals surface area contributed by atoms with E-state index in [9.17, 15) is 4.79 Å². The summed E-state index contributed by atoms with van der Waals surface area (Å²) >= 11 is 12.0. The van der Waals surface area contributed by atoms with E-state index in [2.05, 4.69) is 10.6 Å². The van der Waals surface area contributed by atoms with Crippen molar-refractivity contribution in [2.45, 2.75) is 19.9 Å². The van der Waals surface area contributed by atoms with Crippen molar-refractivity contribution in [3.63, 3.8) is 0 Å². The Morgan fingerprint density at radius 3 is 2.45 bits per heavy atom. The molecule has 0 aromatic heterocycles. The number of carbonyl (C=O) groups is 1. The van der Waals surface area contributed by atoms with Crippen LogP contribution in [0.4, 0.5) is 5.69 Å². The summed E-state index contributed by atoms with van der Waals surface area (Å²) in [5.41, 5.74) is 2.75. The molecule has 0 fully saturated rings. The molecule has 0 unspecified atom stereocenters. The summed E-state index contributed by atoms with van der Waals surface area (Å²) in [6, 6.07) is 13.1. The Morgan fingerprint density at radius 1 is 1.14 bits per heavy atom. The number of rotatable bonds is 5. The molecule has 3 nitrogen and oxygen atoms in total. The van der Waals surface area contributed by atoms with Gasteiger partial charge >= 0.3 is 0 Å². The molecule has 1 atom stereocenters. The van der Waals surface area contributed by atoms with Gasteiger partial charge in [-0.2, -0.15) is 0 Å². The molecule has 5 heteroatoms. The van der Waals surface area contributed by atoms with Crippen LogP contribution in [0.25, 0.3) is 0 Å². The van der Waals surface area contributed by atoms with Crippen molar-refractivity contribution >= 4 is 34.8 Å². The number of anilines is 1. The fourth-order valence-corrected chi connectivity index (χ4v) is 2.44. The highest BCUT2D eigenvalue weighted by molar-refractivity contribution is 6.33. The SMILES string of the molecule is Cc1ccc(NC(=O)CN[C@H](C)c2ccc(Cl)cc2)c(Cl)c1. The lowest BCUT2D eigenvalue weighted by atomic mass is 10.1. The van der Waals surface area contributed by atoms with Gasteiger partial charge in [-0.05, 0) is 49.2 Å². The molecule has 0 saturated carbocycles. The maximum atomic E-state index is 12.0. The van der Waals surface area contributed by atoms with E-state index >= 15 is 0 Å². The van der Waals surface area contributed by atoms with E-state index in [1.807, 2.05) is 50.2 Å². The predicted octanol–water partition coefficient (Wildman–Crippen LogP) is 4.59. The molecule has 116 valence electrons. The standard InChI is InChI=1S/C17H18Cl2N2O/c1-11-3-8-16(15(19)9-11)21-17(22)10-20-12(2)13-4-6-14(18)7-5-13/h3-9,12,20H,10H2,1-2H3,(H,21,22)/t12-/m1/s1. The van der Waals surface area contributed by atoms with Gasteiger partial charge in [-0.25, -0.2) is 0 Å². The lowest BCUT2D eigenvalue weighted by molar-refractivity contribution is -0.115. The van der Waals surface area contributed by atoms with Crippen LogP contribution in [-0.4, -0.2) is 12.5 Å². The van der Waals surface area contributed by atoms with E-state index < -0.39 is 0 Å². The first kappa shape index (κ1) is 16.8. The number of benzene rings is 2. The van der Waals surface area contributed by atoms with Crippen LogP contribution in [0.3, 0.4) is 0 Å². The van der Waals surface area contributed by atoms with E-state index in [4.69, 9.17) is 23.2 Å². The van der Waals surface area contributed by atoms with Crippen molar-refractivity contribution in [1.82, 2.24) is 5.32 Å². The molecule has 0 saturated heterocycles. The van der Waals surface area contributed by atoms with Crippen LogP contribution in [0.1, 0.15) is 24.1 Å². The summed E-state index contributed by atoms with van der Waals surface area (Å²) in [4.78, 5) is 12.0. The number of nitrogens with one attached hydrogen (secondary N) is 2. The molecule has 2 aromatic carbocycles. The lowest BCUT2D eigenvalue weighted by Gasteiger charge is -2.14. The number of hydrogen-bond donors (Lipinski definition) is 2. The Bertz CT molecular complexity index is 656. The molecule has 0 aliphatic rings. The van der Waals surface area contributed by atoms with Crippen LogP contribution < -0.4 is 10.6 Å². The van der Waals surface area contributed by atoms with Gasteiger partial charge in [0.25, 0.3) is 0 Å². The molecule has 0 bridgehead atoms. The third-order valence-electron chi connectivity index (χ3n) is 3.34. The molecule has 0 heterocycles. The van der Waals surface area contributed by atoms with Gasteiger partial charge in [-0.3, -0.25) is 4.79 Å². The first-order valence-electron chi connectivity index (χ1n) is 7.00. The molecule has 2 N–H and O–H groups in total. The van der Waals surface area contributed by atoms with Crippen LogP contribution in [0.15, 0.2) is 42.5 Å². The van der Waals surface area contributed by atoms with E-state index in [1.54, 1.807) is 6.07 Å². The Hall–Kier alpha value is -1.55. The summed E-state index contributed by atoms with van der Waals surface area (Å²) in [6.45, 7) is 4.15. The van der Waals surface area contributed by atoms with E-state index in [0.717, 1.165) is 11.1 Å². The number of carbonyl (C=O) groups excluding carboxylic acids is 1.